The van der Waals surface area contributed by atoms with Crippen molar-refractivity contribution in [2.45, 2.75) is 39.3 Å². The molecule has 0 amide bonds. The molecule has 0 aromatic heterocycles. The number of piperidine rings is 1. The molecule has 1 saturated heterocycles. The van der Waals surface area contributed by atoms with Gasteiger partial charge in [-0.25, -0.2) is 0 Å². The average molecular weight is 336 g/mol. The Hall–Kier alpha value is -2.33. The summed E-state index contributed by atoms with van der Waals surface area (Å²) in [6.45, 7) is 7.61. The van der Waals surface area contributed by atoms with E-state index >= 15 is 0 Å². The number of nitrogens with zero attached hydrogens (tertiary/aromatic N) is 1. The van der Waals surface area contributed by atoms with Gasteiger partial charge in [0.05, 0.1) is 0 Å². The molecule has 2 aromatic carbocycles. The molecule has 0 radical (unpaired) electrons. The first-order valence-corrected chi connectivity index (χ1v) is 9.01. The molecule has 4 nitrogen and oxygen atoms in total. The lowest BCUT2D eigenvalue weighted by Crippen LogP contribution is -2.41. The van der Waals surface area contributed by atoms with Crippen molar-refractivity contribution < 1.29 is 0 Å². The lowest BCUT2D eigenvalue weighted by molar-refractivity contribution is 0.208. The van der Waals surface area contributed by atoms with Gasteiger partial charge in [0.15, 0.2) is 0 Å². The number of nitrogens with two attached hydrogens (primary N) is 1. The van der Waals surface area contributed by atoms with Gasteiger partial charge in [-0.3, -0.25) is 4.90 Å². The van der Waals surface area contributed by atoms with E-state index in [-0.39, 0.29) is 0 Å². The number of hydrogen-bond acceptors (Lipinski definition) is 4. The van der Waals surface area contributed by atoms with Crippen molar-refractivity contribution in [2.24, 2.45) is 0 Å². The molecular formula is C21H28N4. The summed E-state index contributed by atoms with van der Waals surface area (Å²) in [6.07, 6.45) is 3.69. The zero-order valence-electron chi connectivity index (χ0n) is 15.2. The van der Waals surface area contributed by atoms with Crippen LogP contribution in [0.4, 0.5) is 11.4 Å². The van der Waals surface area contributed by atoms with Crippen LogP contribution in [0.1, 0.15) is 35.1 Å². The lowest BCUT2D eigenvalue weighted by Gasteiger charge is -2.34. The van der Waals surface area contributed by atoms with E-state index in [1.807, 2.05) is 18.2 Å². The minimum absolute atomic E-state index is 0.432. The molecule has 0 bridgehead atoms. The third kappa shape index (κ3) is 4.20. The van der Waals surface area contributed by atoms with Gasteiger partial charge < -0.3 is 16.5 Å². The van der Waals surface area contributed by atoms with Gasteiger partial charge in [-0.05, 0) is 68.1 Å². The normalized spacial score (nSPS) is 18.1. The second-order valence-electron chi connectivity index (χ2n) is 7.07. The molecule has 0 saturated carbocycles. The van der Waals surface area contributed by atoms with E-state index in [4.69, 9.17) is 11.1 Å². The Balaban J connectivity index is 1.65. The minimum atomic E-state index is 0.432. The zero-order valence-corrected chi connectivity index (χ0v) is 15.2. The second-order valence-corrected chi connectivity index (χ2v) is 7.07. The fraction of sp³-hybridized carbons (Fsp3) is 0.381. The van der Waals surface area contributed by atoms with E-state index in [2.05, 4.69) is 42.3 Å². The Kier molecular flexibility index (Phi) is 5.39. The number of likely N-dealkylation sites (tertiary alicyclic amines) is 1. The molecule has 1 aliphatic rings. The maximum Gasteiger partial charge on any atom is 0.0404 e. The van der Waals surface area contributed by atoms with Gasteiger partial charge in [0.1, 0.15) is 0 Å². The monoisotopic (exact) mass is 336 g/mol. The Bertz CT molecular complexity index is 754. The van der Waals surface area contributed by atoms with Crippen molar-refractivity contribution >= 4 is 17.6 Å². The summed E-state index contributed by atoms with van der Waals surface area (Å²) in [5.41, 5.74) is 12.6. The van der Waals surface area contributed by atoms with Crippen molar-refractivity contribution in [1.29, 1.82) is 5.41 Å². The highest BCUT2D eigenvalue weighted by Gasteiger charge is 2.20. The first kappa shape index (κ1) is 17.5. The Morgan fingerprint density at radius 3 is 2.92 bits per heavy atom. The molecule has 1 heterocycles. The lowest BCUT2D eigenvalue weighted by atomic mass is 10.0. The molecule has 4 heteroatoms. The van der Waals surface area contributed by atoms with E-state index < -0.39 is 0 Å². The smallest absolute Gasteiger partial charge is 0.0404 e. The molecular weight excluding hydrogens is 308 g/mol. The summed E-state index contributed by atoms with van der Waals surface area (Å²) in [5, 5.41) is 11.1. The van der Waals surface area contributed by atoms with Crippen LogP contribution in [0.2, 0.25) is 0 Å². The Morgan fingerprint density at radius 2 is 2.12 bits per heavy atom. The van der Waals surface area contributed by atoms with Gasteiger partial charge in [-0.2, -0.15) is 0 Å². The third-order valence-electron chi connectivity index (χ3n) is 5.23. The van der Waals surface area contributed by atoms with Crippen LogP contribution in [0.5, 0.6) is 0 Å². The molecule has 4 N–H and O–H groups in total. The topological polar surface area (TPSA) is 65.1 Å². The van der Waals surface area contributed by atoms with E-state index in [1.165, 1.54) is 35.7 Å². The number of nitrogens with one attached hydrogen (secondary N) is 2. The molecule has 2 aromatic rings. The molecule has 0 aliphatic carbocycles. The molecule has 3 rings (SSSR count). The summed E-state index contributed by atoms with van der Waals surface area (Å²) < 4.78 is 0. The first-order valence-electron chi connectivity index (χ1n) is 9.01. The minimum Gasteiger partial charge on any atom is -0.398 e. The average Bonchev–Trinajstić information content (AvgIpc) is 2.61. The summed E-state index contributed by atoms with van der Waals surface area (Å²) in [6, 6.07) is 12.9. The van der Waals surface area contributed by atoms with E-state index in [9.17, 15) is 0 Å². The van der Waals surface area contributed by atoms with Crippen molar-refractivity contribution in [3.63, 3.8) is 0 Å². The molecule has 1 unspecified atom stereocenters. The molecule has 1 aliphatic heterocycles. The standard InChI is InChI=1S/C21H28N4/c1-15-5-3-6-17(16(15)2)13-25-10-4-7-20(14-25)24-19-8-9-21(23)18(11-19)12-22/h3,5-6,8-9,11-12,20,22,24H,4,7,10,13-14,23H2,1-2H3. The van der Waals surface area contributed by atoms with Crippen LogP contribution in [0.3, 0.4) is 0 Å². The van der Waals surface area contributed by atoms with Gasteiger partial charge in [-0.15, -0.1) is 0 Å². The quantitative estimate of drug-likeness (QED) is 0.572. The maximum atomic E-state index is 7.45. The molecule has 132 valence electrons. The van der Waals surface area contributed by atoms with Crippen LogP contribution in [0.15, 0.2) is 36.4 Å². The van der Waals surface area contributed by atoms with Crippen molar-refractivity contribution in [1.82, 2.24) is 4.90 Å². The van der Waals surface area contributed by atoms with Gasteiger partial charge in [0.2, 0.25) is 0 Å². The zero-order chi connectivity index (χ0) is 17.8. The predicted molar refractivity (Wildman–Crippen MR) is 107 cm³/mol. The van der Waals surface area contributed by atoms with E-state index in [0.717, 1.165) is 30.9 Å². The van der Waals surface area contributed by atoms with Crippen molar-refractivity contribution in [3.05, 3.63) is 58.7 Å². The first-order chi connectivity index (χ1) is 12.1. The largest absolute Gasteiger partial charge is 0.398 e. The van der Waals surface area contributed by atoms with Crippen LogP contribution < -0.4 is 11.1 Å². The summed E-state index contributed by atoms with van der Waals surface area (Å²) >= 11 is 0. The number of hydrogen-bond donors (Lipinski definition) is 3. The van der Waals surface area contributed by atoms with Crippen LogP contribution in [0, 0.1) is 19.3 Å². The van der Waals surface area contributed by atoms with E-state index in [1.54, 1.807) is 0 Å². The van der Waals surface area contributed by atoms with Crippen LogP contribution >= 0.6 is 0 Å². The number of aryl methyl sites for hydroxylation is 1. The highest BCUT2D eigenvalue weighted by atomic mass is 15.2. The summed E-state index contributed by atoms with van der Waals surface area (Å²) in [7, 11) is 0. The third-order valence-corrected chi connectivity index (χ3v) is 5.23. The molecule has 25 heavy (non-hydrogen) atoms. The molecule has 1 atom stereocenters. The summed E-state index contributed by atoms with van der Waals surface area (Å²) in [5.74, 6) is 0. The SMILES string of the molecule is Cc1cccc(CN2CCCC(Nc3ccc(N)c(C=N)c3)C2)c1C. The second kappa shape index (κ2) is 7.70. The van der Waals surface area contributed by atoms with Crippen LogP contribution in [-0.2, 0) is 6.54 Å². The van der Waals surface area contributed by atoms with Crippen molar-refractivity contribution in [2.75, 3.05) is 24.1 Å². The number of rotatable bonds is 5. The fourth-order valence-electron chi connectivity index (χ4n) is 3.57. The molecule has 0 spiro atoms. The van der Waals surface area contributed by atoms with Gasteiger partial charge in [0, 0.05) is 42.3 Å². The molecule has 1 fully saturated rings. The number of nitrogen functional groups attached to an aromatic ring is 1. The van der Waals surface area contributed by atoms with Crippen LogP contribution in [-0.4, -0.2) is 30.2 Å². The Morgan fingerprint density at radius 1 is 1.28 bits per heavy atom. The number of benzene rings is 2. The van der Waals surface area contributed by atoms with E-state index in [0.29, 0.717) is 11.7 Å². The number of anilines is 2. The highest BCUT2D eigenvalue weighted by Crippen LogP contribution is 2.22. The highest BCUT2D eigenvalue weighted by molar-refractivity contribution is 5.86. The predicted octanol–water partition coefficient (Wildman–Crippen LogP) is 3.96. The maximum absolute atomic E-state index is 7.45. The van der Waals surface area contributed by atoms with Crippen molar-refractivity contribution in [3.8, 4) is 0 Å². The Labute approximate surface area is 150 Å². The van der Waals surface area contributed by atoms with Crippen LogP contribution in [0.25, 0.3) is 0 Å². The summed E-state index contributed by atoms with van der Waals surface area (Å²) in [4.78, 5) is 2.54. The van der Waals surface area contributed by atoms with Gasteiger partial charge >= 0.3 is 0 Å². The van der Waals surface area contributed by atoms with Gasteiger partial charge in [0.25, 0.3) is 0 Å². The van der Waals surface area contributed by atoms with Gasteiger partial charge in [-0.1, -0.05) is 18.2 Å². The fourth-order valence-corrected chi connectivity index (χ4v) is 3.57.